The van der Waals surface area contributed by atoms with E-state index in [-0.39, 0.29) is 12.6 Å². The highest BCUT2D eigenvalue weighted by Crippen LogP contribution is 2.22. The lowest BCUT2D eigenvalue weighted by Gasteiger charge is -2.28. The maximum atomic E-state index is 9.46. The van der Waals surface area contributed by atoms with Crippen LogP contribution in [0.3, 0.4) is 0 Å². The molecule has 1 heterocycles. The quantitative estimate of drug-likeness (QED) is 0.517. The van der Waals surface area contributed by atoms with E-state index in [0.717, 1.165) is 12.4 Å². The number of aliphatic hydroxyl groups is 1. The molecule has 0 fully saturated rings. The molecule has 0 bridgehead atoms. The summed E-state index contributed by atoms with van der Waals surface area (Å²) in [7, 11) is 0. The molecule has 0 amide bonds. The van der Waals surface area contributed by atoms with Gasteiger partial charge in [-0.05, 0) is 25.0 Å². The fourth-order valence-corrected chi connectivity index (χ4v) is 3.54. The molecular weight excluding hydrogens is 396 g/mol. The van der Waals surface area contributed by atoms with Crippen LogP contribution in [0.5, 0.6) is 0 Å². The molecule has 3 aromatic rings. The van der Waals surface area contributed by atoms with E-state index >= 15 is 0 Å². The second kappa shape index (κ2) is 11.1. The fraction of sp³-hybridized carbons (Fsp3) is 0.333. The number of nitrogens with zero attached hydrogens (tertiary/aromatic N) is 4. The first-order chi connectivity index (χ1) is 14.6. The molecule has 6 heteroatoms. The van der Waals surface area contributed by atoms with Crippen LogP contribution in [0.2, 0.25) is 5.15 Å². The van der Waals surface area contributed by atoms with Crippen molar-refractivity contribution in [1.82, 2.24) is 14.9 Å². The summed E-state index contributed by atoms with van der Waals surface area (Å²) < 4.78 is 0. The molecule has 0 saturated heterocycles. The van der Waals surface area contributed by atoms with Crippen molar-refractivity contribution in [3.63, 3.8) is 0 Å². The molecule has 3 rings (SSSR count). The maximum Gasteiger partial charge on any atom is 0.154 e. The SMILES string of the molecule is CC(C)N(Cc1ccccc1)c1cnc(CN(CCO)Cc2ccccc2)c(Cl)n1. The molecule has 5 nitrogen and oxygen atoms in total. The van der Waals surface area contributed by atoms with Gasteiger partial charge in [0.25, 0.3) is 0 Å². The molecule has 0 saturated carbocycles. The summed E-state index contributed by atoms with van der Waals surface area (Å²) in [5, 5.41) is 9.87. The van der Waals surface area contributed by atoms with Crippen molar-refractivity contribution in [2.24, 2.45) is 0 Å². The Morgan fingerprint density at radius 3 is 2.03 bits per heavy atom. The third-order valence-electron chi connectivity index (χ3n) is 4.94. The lowest BCUT2D eigenvalue weighted by atomic mass is 10.2. The van der Waals surface area contributed by atoms with Crippen molar-refractivity contribution in [1.29, 1.82) is 0 Å². The molecule has 0 aliphatic rings. The highest BCUT2D eigenvalue weighted by Gasteiger charge is 2.17. The number of hydrogen-bond acceptors (Lipinski definition) is 5. The van der Waals surface area contributed by atoms with Crippen LogP contribution in [0.25, 0.3) is 0 Å². The first-order valence-corrected chi connectivity index (χ1v) is 10.6. The van der Waals surface area contributed by atoms with Crippen LogP contribution in [0.15, 0.2) is 66.9 Å². The van der Waals surface area contributed by atoms with E-state index in [0.29, 0.717) is 30.5 Å². The standard InChI is InChI=1S/C24H29ClN4O/c1-19(2)29(17-21-11-7-4-8-12-21)23-15-26-22(24(25)27-23)18-28(13-14-30)16-20-9-5-3-6-10-20/h3-12,15,19,30H,13-14,16-18H2,1-2H3. The van der Waals surface area contributed by atoms with Crippen molar-refractivity contribution in [2.45, 2.75) is 39.5 Å². The summed E-state index contributed by atoms with van der Waals surface area (Å²) in [6, 6.07) is 20.7. The Balaban J connectivity index is 1.75. The van der Waals surface area contributed by atoms with E-state index in [4.69, 9.17) is 11.6 Å². The van der Waals surface area contributed by atoms with Gasteiger partial charge < -0.3 is 10.0 Å². The number of rotatable bonds is 10. The Morgan fingerprint density at radius 2 is 1.50 bits per heavy atom. The predicted octanol–water partition coefficient (Wildman–Crippen LogP) is 4.54. The second-order valence-corrected chi connectivity index (χ2v) is 7.95. The summed E-state index contributed by atoms with van der Waals surface area (Å²) in [6.45, 7) is 6.88. The van der Waals surface area contributed by atoms with E-state index in [2.05, 4.69) is 57.9 Å². The van der Waals surface area contributed by atoms with E-state index in [1.165, 1.54) is 11.1 Å². The summed E-state index contributed by atoms with van der Waals surface area (Å²) in [5.41, 5.74) is 3.11. The van der Waals surface area contributed by atoms with Crippen LogP contribution >= 0.6 is 11.6 Å². The second-order valence-electron chi connectivity index (χ2n) is 7.59. The van der Waals surface area contributed by atoms with Crippen molar-refractivity contribution in [3.8, 4) is 0 Å². The summed E-state index contributed by atoms with van der Waals surface area (Å²) in [6.07, 6.45) is 1.80. The summed E-state index contributed by atoms with van der Waals surface area (Å²) >= 11 is 6.54. The molecule has 1 aromatic heterocycles. The van der Waals surface area contributed by atoms with Gasteiger partial charge in [0.1, 0.15) is 5.82 Å². The Hall–Kier alpha value is -2.47. The van der Waals surface area contributed by atoms with Crippen LogP contribution in [0, 0.1) is 0 Å². The minimum absolute atomic E-state index is 0.0775. The van der Waals surface area contributed by atoms with Crippen LogP contribution in [-0.4, -0.2) is 39.2 Å². The molecule has 2 aromatic carbocycles. The lowest BCUT2D eigenvalue weighted by Crippen LogP contribution is -2.31. The topological polar surface area (TPSA) is 52.5 Å². The molecule has 30 heavy (non-hydrogen) atoms. The van der Waals surface area contributed by atoms with E-state index in [9.17, 15) is 5.11 Å². The predicted molar refractivity (Wildman–Crippen MR) is 122 cm³/mol. The number of benzene rings is 2. The molecule has 0 spiro atoms. The average Bonchev–Trinajstić information content (AvgIpc) is 2.75. The van der Waals surface area contributed by atoms with Gasteiger partial charge in [0.15, 0.2) is 5.15 Å². The smallest absolute Gasteiger partial charge is 0.154 e. The number of aliphatic hydroxyl groups excluding tert-OH is 1. The van der Waals surface area contributed by atoms with Gasteiger partial charge in [-0.15, -0.1) is 0 Å². The monoisotopic (exact) mass is 424 g/mol. The molecule has 0 radical (unpaired) electrons. The zero-order valence-corrected chi connectivity index (χ0v) is 18.3. The highest BCUT2D eigenvalue weighted by atomic mass is 35.5. The van der Waals surface area contributed by atoms with Gasteiger partial charge in [0, 0.05) is 32.2 Å². The average molecular weight is 425 g/mol. The lowest BCUT2D eigenvalue weighted by molar-refractivity contribution is 0.183. The van der Waals surface area contributed by atoms with E-state index < -0.39 is 0 Å². The first kappa shape index (κ1) is 22.2. The van der Waals surface area contributed by atoms with Crippen LogP contribution in [0.4, 0.5) is 5.82 Å². The van der Waals surface area contributed by atoms with E-state index in [1.807, 2.05) is 36.4 Å². The van der Waals surface area contributed by atoms with Gasteiger partial charge in [-0.1, -0.05) is 72.3 Å². The Kier molecular flexibility index (Phi) is 8.20. The third kappa shape index (κ3) is 6.26. The molecule has 0 atom stereocenters. The molecule has 0 aliphatic carbocycles. The van der Waals surface area contributed by atoms with Gasteiger partial charge in [0.2, 0.25) is 0 Å². The Labute approximate surface area is 184 Å². The van der Waals surface area contributed by atoms with Gasteiger partial charge in [-0.3, -0.25) is 9.88 Å². The normalized spacial score (nSPS) is 11.3. The number of anilines is 1. The summed E-state index contributed by atoms with van der Waals surface area (Å²) in [4.78, 5) is 13.6. The van der Waals surface area contributed by atoms with Crippen molar-refractivity contribution in [3.05, 3.63) is 88.8 Å². The minimum Gasteiger partial charge on any atom is -0.395 e. The van der Waals surface area contributed by atoms with Crippen molar-refractivity contribution < 1.29 is 5.11 Å². The van der Waals surface area contributed by atoms with Crippen LogP contribution in [-0.2, 0) is 19.6 Å². The Bertz CT molecular complexity index is 906. The number of hydrogen-bond donors (Lipinski definition) is 1. The van der Waals surface area contributed by atoms with Crippen LogP contribution < -0.4 is 4.90 Å². The maximum absolute atomic E-state index is 9.46. The zero-order chi connectivity index (χ0) is 21.3. The van der Waals surface area contributed by atoms with Gasteiger partial charge >= 0.3 is 0 Å². The molecule has 158 valence electrons. The van der Waals surface area contributed by atoms with Crippen molar-refractivity contribution >= 4 is 17.4 Å². The Morgan fingerprint density at radius 1 is 0.900 bits per heavy atom. The minimum atomic E-state index is 0.0775. The molecule has 0 unspecified atom stereocenters. The highest BCUT2D eigenvalue weighted by molar-refractivity contribution is 6.30. The summed E-state index contributed by atoms with van der Waals surface area (Å²) in [5.74, 6) is 0.763. The van der Waals surface area contributed by atoms with Gasteiger partial charge in [0.05, 0.1) is 18.5 Å². The number of aromatic nitrogens is 2. The van der Waals surface area contributed by atoms with Gasteiger partial charge in [-0.25, -0.2) is 4.98 Å². The van der Waals surface area contributed by atoms with E-state index in [1.54, 1.807) is 6.20 Å². The third-order valence-corrected chi connectivity index (χ3v) is 5.24. The van der Waals surface area contributed by atoms with Crippen molar-refractivity contribution in [2.75, 3.05) is 18.1 Å². The van der Waals surface area contributed by atoms with Crippen LogP contribution in [0.1, 0.15) is 30.7 Å². The molecular formula is C24H29ClN4O. The zero-order valence-electron chi connectivity index (χ0n) is 17.6. The van der Waals surface area contributed by atoms with Gasteiger partial charge in [-0.2, -0.15) is 0 Å². The molecule has 1 N–H and O–H groups in total. The largest absolute Gasteiger partial charge is 0.395 e. The number of halogens is 1. The molecule has 0 aliphatic heterocycles. The fourth-order valence-electron chi connectivity index (χ4n) is 3.34. The first-order valence-electron chi connectivity index (χ1n) is 10.3.